The van der Waals surface area contributed by atoms with Crippen molar-refractivity contribution in [1.82, 2.24) is 9.71 Å². The minimum Gasteiger partial charge on any atom is -0.367 e. The Morgan fingerprint density at radius 3 is 2.15 bits per heavy atom. The van der Waals surface area contributed by atoms with Crippen molar-refractivity contribution in [2.75, 3.05) is 24.2 Å². The highest BCUT2D eigenvalue weighted by Crippen LogP contribution is 2.51. The van der Waals surface area contributed by atoms with Crippen LogP contribution in [-0.4, -0.2) is 40.9 Å². The van der Waals surface area contributed by atoms with Crippen LogP contribution in [0.5, 0.6) is 0 Å². The minimum atomic E-state index is -5.49. The highest BCUT2D eigenvalue weighted by atomic mass is 31.2. The Kier molecular flexibility index (Phi) is 7.31. The summed E-state index contributed by atoms with van der Waals surface area (Å²) >= 11 is 0. The number of alkyl halides is 6. The van der Waals surface area contributed by atoms with Crippen LogP contribution in [0.3, 0.4) is 0 Å². The second-order valence-corrected chi connectivity index (χ2v) is 8.52. The molecule has 14 heteroatoms. The first kappa shape index (κ1) is 23.3. The molecule has 1 rings (SSSR count). The topological polar surface area (TPSA) is 73.2 Å². The van der Waals surface area contributed by atoms with E-state index in [-0.39, 0.29) is 23.4 Å². The van der Waals surface area contributed by atoms with E-state index in [4.69, 9.17) is 0 Å². The van der Waals surface area contributed by atoms with Crippen LogP contribution in [0, 0.1) is 11.7 Å². The standard InChI is InChI=1S/C13H17F7N3O3P/c1-8(2)3-4-21-10-9(14)5-23(11(24)22-10)26-27(25,6-12(15,16)17)7-13(18,19)20/h5,8H,3-4,6-7H2,1-2H3,(H,21,22,24). The first-order valence-electron chi connectivity index (χ1n) is 7.55. The van der Waals surface area contributed by atoms with Crippen molar-refractivity contribution in [2.45, 2.75) is 32.6 Å². The Hall–Kier alpha value is -1.78. The van der Waals surface area contributed by atoms with E-state index in [2.05, 4.69) is 14.9 Å². The molecular formula is C13H17F7N3O3P. The molecule has 1 aromatic heterocycles. The second-order valence-electron chi connectivity index (χ2n) is 6.10. The van der Waals surface area contributed by atoms with Crippen molar-refractivity contribution in [2.24, 2.45) is 5.92 Å². The molecule has 0 atom stereocenters. The van der Waals surface area contributed by atoms with E-state index in [0.29, 0.717) is 6.42 Å². The van der Waals surface area contributed by atoms with E-state index >= 15 is 0 Å². The maximum Gasteiger partial charge on any atom is 0.399 e. The quantitative estimate of drug-likeness (QED) is 0.506. The minimum absolute atomic E-state index is 0.187. The number of nitrogens with zero attached hydrogens (tertiary/aromatic N) is 2. The number of anilines is 1. The summed E-state index contributed by atoms with van der Waals surface area (Å²) in [7, 11) is -5.49. The Balaban J connectivity index is 3.10. The summed E-state index contributed by atoms with van der Waals surface area (Å²) in [5.74, 6) is -1.59. The van der Waals surface area contributed by atoms with Crippen molar-refractivity contribution in [3.63, 3.8) is 0 Å². The monoisotopic (exact) mass is 427 g/mol. The molecular weight excluding hydrogens is 410 g/mol. The van der Waals surface area contributed by atoms with Crippen LogP contribution in [0.4, 0.5) is 36.6 Å². The molecule has 0 bridgehead atoms. The molecule has 0 unspecified atom stereocenters. The van der Waals surface area contributed by atoms with Gasteiger partial charge in [-0.15, -0.1) is 4.73 Å². The summed E-state index contributed by atoms with van der Waals surface area (Å²) in [6, 6.07) is 0. The lowest BCUT2D eigenvalue weighted by molar-refractivity contribution is -0.115. The van der Waals surface area contributed by atoms with Gasteiger partial charge in [0.2, 0.25) is 0 Å². The molecule has 6 nitrogen and oxygen atoms in total. The number of halogens is 7. The Morgan fingerprint density at radius 1 is 1.19 bits per heavy atom. The lowest BCUT2D eigenvalue weighted by atomic mass is 10.1. The van der Waals surface area contributed by atoms with Crippen molar-refractivity contribution < 1.29 is 39.9 Å². The van der Waals surface area contributed by atoms with Crippen molar-refractivity contribution in [3.8, 4) is 0 Å². The second kappa shape index (κ2) is 8.49. The molecule has 156 valence electrons. The molecule has 0 aliphatic carbocycles. The van der Waals surface area contributed by atoms with Crippen LogP contribution in [0.25, 0.3) is 0 Å². The van der Waals surface area contributed by atoms with Crippen LogP contribution in [0.1, 0.15) is 20.3 Å². The van der Waals surface area contributed by atoms with Gasteiger partial charge in [-0.1, -0.05) is 13.8 Å². The molecule has 0 spiro atoms. The molecule has 1 aromatic rings. The van der Waals surface area contributed by atoms with Gasteiger partial charge in [0, 0.05) is 6.54 Å². The molecule has 0 aliphatic rings. The molecule has 0 saturated carbocycles. The number of rotatable bonds is 8. The molecule has 1 heterocycles. The third-order valence-electron chi connectivity index (χ3n) is 2.94. The Labute approximate surface area is 149 Å². The SMILES string of the molecule is CC(C)CCNc1nc(=O)n(OP(=O)(CC(F)(F)F)CC(F)(F)F)cc1F. The highest BCUT2D eigenvalue weighted by Gasteiger charge is 2.48. The number of hydrogen-bond acceptors (Lipinski definition) is 5. The number of nitrogens with one attached hydrogen (secondary N) is 1. The van der Waals surface area contributed by atoms with Gasteiger partial charge in [0.05, 0.1) is 6.20 Å². The van der Waals surface area contributed by atoms with Gasteiger partial charge < -0.3 is 9.94 Å². The molecule has 1 N–H and O–H groups in total. The van der Waals surface area contributed by atoms with Gasteiger partial charge in [-0.05, 0) is 12.3 Å². The molecule has 0 amide bonds. The zero-order valence-electron chi connectivity index (χ0n) is 14.2. The van der Waals surface area contributed by atoms with Crippen LogP contribution < -0.4 is 15.6 Å². The smallest absolute Gasteiger partial charge is 0.367 e. The summed E-state index contributed by atoms with van der Waals surface area (Å²) < 4.78 is 105. The Bertz CT molecular complexity index is 726. The van der Waals surface area contributed by atoms with Crippen molar-refractivity contribution in [1.29, 1.82) is 0 Å². The van der Waals surface area contributed by atoms with Gasteiger partial charge in [0.15, 0.2) is 11.6 Å². The summed E-state index contributed by atoms with van der Waals surface area (Å²) in [6.45, 7) is 3.96. The first-order chi connectivity index (χ1) is 12.1. The maximum absolute atomic E-state index is 13.9. The predicted octanol–water partition coefficient (Wildman–Crippen LogP) is 3.67. The first-order valence-corrected chi connectivity index (χ1v) is 9.54. The van der Waals surface area contributed by atoms with Gasteiger partial charge in [-0.2, -0.15) is 31.3 Å². The van der Waals surface area contributed by atoms with E-state index in [1.165, 1.54) is 0 Å². The van der Waals surface area contributed by atoms with Gasteiger partial charge in [-0.3, -0.25) is 4.57 Å². The zero-order chi connectivity index (χ0) is 21.0. The van der Waals surface area contributed by atoms with Crippen LogP contribution in [0.2, 0.25) is 0 Å². The highest BCUT2D eigenvalue weighted by molar-refractivity contribution is 7.59. The predicted molar refractivity (Wildman–Crippen MR) is 82.4 cm³/mol. The summed E-state index contributed by atoms with van der Waals surface area (Å²) in [6.07, 6.45) is -14.7. The summed E-state index contributed by atoms with van der Waals surface area (Å²) in [5, 5.41) is 2.47. The van der Waals surface area contributed by atoms with Crippen LogP contribution in [0.15, 0.2) is 11.0 Å². The van der Waals surface area contributed by atoms with Gasteiger partial charge in [0.25, 0.3) is 7.37 Å². The largest absolute Gasteiger partial charge is 0.399 e. The van der Waals surface area contributed by atoms with Crippen LogP contribution >= 0.6 is 7.37 Å². The van der Waals surface area contributed by atoms with Gasteiger partial charge in [0.1, 0.15) is 12.3 Å². The third kappa shape index (κ3) is 8.63. The summed E-state index contributed by atoms with van der Waals surface area (Å²) in [5.41, 5.74) is -1.52. The number of hydrogen-bond donors (Lipinski definition) is 1. The molecule has 0 saturated heterocycles. The molecule has 27 heavy (non-hydrogen) atoms. The normalized spacial score (nSPS) is 13.1. The fourth-order valence-electron chi connectivity index (χ4n) is 1.90. The average molecular weight is 427 g/mol. The maximum atomic E-state index is 13.9. The zero-order valence-corrected chi connectivity index (χ0v) is 15.1. The van der Waals surface area contributed by atoms with E-state index in [9.17, 15) is 40.1 Å². The lowest BCUT2D eigenvalue weighted by Gasteiger charge is -2.22. The van der Waals surface area contributed by atoms with E-state index in [0.717, 1.165) is 0 Å². The van der Waals surface area contributed by atoms with Crippen LogP contribution in [-0.2, 0) is 4.57 Å². The average Bonchev–Trinajstić information content (AvgIpc) is 2.38. The van der Waals surface area contributed by atoms with E-state index < -0.39 is 49.4 Å². The van der Waals surface area contributed by atoms with Gasteiger partial charge >= 0.3 is 18.0 Å². The lowest BCUT2D eigenvalue weighted by Crippen LogP contribution is -2.34. The fourth-order valence-corrected chi connectivity index (χ4v) is 3.66. The van der Waals surface area contributed by atoms with E-state index in [1.807, 2.05) is 13.8 Å². The molecule has 0 aliphatic heterocycles. The van der Waals surface area contributed by atoms with E-state index in [1.54, 1.807) is 0 Å². The Morgan fingerprint density at radius 2 is 1.70 bits per heavy atom. The molecule has 0 fully saturated rings. The van der Waals surface area contributed by atoms with Gasteiger partial charge in [-0.25, -0.2) is 9.18 Å². The fraction of sp³-hybridized carbons (Fsp3) is 0.692. The van der Waals surface area contributed by atoms with Crippen molar-refractivity contribution in [3.05, 3.63) is 22.5 Å². The molecule has 0 aromatic carbocycles. The summed E-state index contributed by atoms with van der Waals surface area (Å²) in [4.78, 5) is 14.9. The third-order valence-corrected chi connectivity index (χ3v) is 5.10. The van der Waals surface area contributed by atoms with Crippen molar-refractivity contribution >= 4 is 13.2 Å². The number of aromatic nitrogens is 2. The molecule has 0 radical (unpaired) electrons.